The number of fused-ring (bicyclic) bond motifs is 1. The Morgan fingerprint density at radius 2 is 2.25 bits per heavy atom. The van der Waals surface area contributed by atoms with Crippen molar-refractivity contribution < 1.29 is 14.6 Å². The molecule has 4 heteroatoms. The van der Waals surface area contributed by atoms with Crippen LogP contribution in [-0.2, 0) is 11.2 Å². The molecule has 0 bridgehead atoms. The summed E-state index contributed by atoms with van der Waals surface area (Å²) in [5.74, 6) is 0.569. The van der Waals surface area contributed by atoms with Gasteiger partial charge in [0.15, 0.2) is 6.61 Å². The summed E-state index contributed by atoms with van der Waals surface area (Å²) in [5.41, 5.74) is 1.89. The molecule has 0 heterocycles. The summed E-state index contributed by atoms with van der Waals surface area (Å²) in [4.78, 5) is 11.8. The molecule has 20 heavy (non-hydrogen) atoms. The summed E-state index contributed by atoms with van der Waals surface area (Å²) in [6.45, 7) is 6.03. The molecule has 110 valence electrons. The molecule has 1 amide bonds. The summed E-state index contributed by atoms with van der Waals surface area (Å²) in [6, 6.07) is 5.62. The van der Waals surface area contributed by atoms with Crippen molar-refractivity contribution in [2.24, 2.45) is 0 Å². The van der Waals surface area contributed by atoms with Crippen LogP contribution in [0.3, 0.4) is 0 Å². The van der Waals surface area contributed by atoms with Crippen LogP contribution in [0.1, 0.15) is 50.8 Å². The number of aliphatic hydroxyl groups excluding tert-OH is 1. The fourth-order valence-electron chi connectivity index (χ4n) is 2.31. The van der Waals surface area contributed by atoms with Crippen LogP contribution in [-0.4, -0.2) is 23.2 Å². The van der Waals surface area contributed by atoms with E-state index in [4.69, 9.17) is 4.74 Å². The minimum absolute atomic E-state index is 0.0186. The molecule has 0 saturated carbocycles. The van der Waals surface area contributed by atoms with Gasteiger partial charge in [-0.05, 0) is 56.4 Å². The molecule has 0 aliphatic heterocycles. The molecule has 1 unspecified atom stereocenters. The van der Waals surface area contributed by atoms with Crippen molar-refractivity contribution in [3.05, 3.63) is 29.3 Å². The number of rotatable bonds is 5. The highest BCUT2D eigenvalue weighted by molar-refractivity contribution is 5.78. The van der Waals surface area contributed by atoms with Crippen molar-refractivity contribution in [1.82, 2.24) is 5.32 Å². The first kappa shape index (κ1) is 14.9. The van der Waals surface area contributed by atoms with Crippen LogP contribution in [0.25, 0.3) is 0 Å². The summed E-state index contributed by atoms with van der Waals surface area (Å²) >= 11 is 0. The first-order valence-electron chi connectivity index (χ1n) is 7.16. The summed E-state index contributed by atoms with van der Waals surface area (Å²) in [5, 5.41) is 12.7. The Kier molecular flexibility index (Phi) is 4.33. The van der Waals surface area contributed by atoms with E-state index in [1.807, 2.05) is 39.0 Å². The molecule has 1 aromatic rings. The molecule has 1 atom stereocenters. The Morgan fingerprint density at radius 3 is 2.95 bits per heavy atom. The second-order valence-corrected chi connectivity index (χ2v) is 5.99. The lowest BCUT2D eigenvalue weighted by molar-refractivity contribution is -0.124. The van der Waals surface area contributed by atoms with Crippen molar-refractivity contribution in [2.75, 3.05) is 6.61 Å². The van der Waals surface area contributed by atoms with E-state index >= 15 is 0 Å². The molecule has 4 nitrogen and oxygen atoms in total. The smallest absolute Gasteiger partial charge is 0.258 e. The van der Waals surface area contributed by atoms with Crippen molar-refractivity contribution in [3.63, 3.8) is 0 Å². The van der Waals surface area contributed by atoms with Gasteiger partial charge in [-0.15, -0.1) is 0 Å². The number of aliphatic hydroxyl groups is 1. The van der Waals surface area contributed by atoms with Gasteiger partial charge in [-0.1, -0.05) is 13.0 Å². The first-order valence-corrected chi connectivity index (χ1v) is 7.16. The second kappa shape index (κ2) is 5.83. The van der Waals surface area contributed by atoms with E-state index in [9.17, 15) is 9.90 Å². The molecule has 0 saturated heterocycles. The Bertz CT molecular complexity index is 496. The van der Waals surface area contributed by atoms with Crippen LogP contribution in [0.4, 0.5) is 0 Å². The minimum Gasteiger partial charge on any atom is -0.484 e. The van der Waals surface area contributed by atoms with E-state index in [0.29, 0.717) is 5.75 Å². The number of hydrogen-bond acceptors (Lipinski definition) is 3. The topological polar surface area (TPSA) is 58.6 Å². The fraction of sp³-hybridized carbons (Fsp3) is 0.562. The summed E-state index contributed by atoms with van der Waals surface area (Å²) in [6.07, 6.45) is 2.15. The van der Waals surface area contributed by atoms with Gasteiger partial charge in [0.2, 0.25) is 0 Å². The van der Waals surface area contributed by atoms with Gasteiger partial charge in [0, 0.05) is 5.54 Å². The normalized spacial score (nSPS) is 17.7. The van der Waals surface area contributed by atoms with E-state index in [2.05, 4.69) is 5.32 Å². The van der Waals surface area contributed by atoms with Gasteiger partial charge in [-0.2, -0.15) is 0 Å². The zero-order chi connectivity index (χ0) is 14.8. The van der Waals surface area contributed by atoms with Gasteiger partial charge in [0.05, 0.1) is 6.10 Å². The molecule has 2 rings (SSSR count). The Labute approximate surface area is 120 Å². The predicted molar refractivity (Wildman–Crippen MR) is 77.7 cm³/mol. The third-order valence-corrected chi connectivity index (χ3v) is 3.89. The van der Waals surface area contributed by atoms with Crippen LogP contribution in [0.2, 0.25) is 0 Å². The highest BCUT2D eigenvalue weighted by Gasteiger charge is 2.21. The Morgan fingerprint density at radius 1 is 1.50 bits per heavy atom. The number of ether oxygens (including phenoxy) is 1. The molecular weight excluding hydrogens is 254 g/mol. The monoisotopic (exact) mass is 277 g/mol. The molecule has 0 aromatic heterocycles. The average molecular weight is 277 g/mol. The van der Waals surface area contributed by atoms with Gasteiger partial charge >= 0.3 is 0 Å². The van der Waals surface area contributed by atoms with Gasteiger partial charge in [-0.25, -0.2) is 0 Å². The first-order chi connectivity index (χ1) is 9.41. The largest absolute Gasteiger partial charge is 0.484 e. The minimum atomic E-state index is -0.354. The van der Waals surface area contributed by atoms with E-state index in [1.54, 1.807) is 0 Å². The van der Waals surface area contributed by atoms with E-state index in [1.165, 1.54) is 0 Å². The number of carbonyl (C=O) groups is 1. The van der Waals surface area contributed by atoms with E-state index in [0.717, 1.165) is 30.4 Å². The van der Waals surface area contributed by atoms with Crippen molar-refractivity contribution in [2.45, 2.75) is 51.7 Å². The van der Waals surface area contributed by atoms with Gasteiger partial charge in [0.25, 0.3) is 5.91 Å². The average Bonchev–Trinajstić information content (AvgIpc) is 2.77. The molecule has 1 aliphatic carbocycles. The SMILES string of the molecule is CCC(C)(C)NC(=O)COc1ccc2c(c1)CCC2O. The van der Waals surface area contributed by atoms with Crippen molar-refractivity contribution in [1.29, 1.82) is 0 Å². The zero-order valence-electron chi connectivity index (χ0n) is 12.4. The van der Waals surface area contributed by atoms with Crippen LogP contribution in [0.15, 0.2) is 18.2 Å². The number of carbonyl (C=O) groups excluding carboxylic acids is 1. The molecule has 0 fully saturated rings. The maximum Gasteiger partial charge on any atom is 0.258 e. The Hall–Kier alpha value is -1.55. The predicted octanol–water partition coefficient (Wildman–Crippen LogP) is 2.35. The molecule has 1 aliphatic rings. The van der Waals surface area contributed by atoms with Gasteiger partial charge in [0.1, 0.15) is 5.75 Å². The number of amides is 1. The van der Waals surface area contributed by atoms with E-state index in [-0.39, 0.29) is 24.2 Å². The molecule has 2 N–H and O–H groups in total. The van der Waals surface area contributed by atoms with Crippen LogP contribution in [0.5, 0.6) is 5.75 Å². The number of aryl methyl sites for hydroxylation is 1. The van der Waals surface area contributed by atoms with Gasteiger partial charge < -0.3 is 15.2 Å². The standard InChI is InChI=1S/C16H23NO3/c1-4-16(2,3)17-15(19)10-20-12-6-7-13-11(9-12)5-8-14(13)18/h6-7,9,14,18H,4-5,8,10H2,1-3H3,(H,17,19). The maximum atomic E-state index is 11.8. The second-order valence-electron chi connectivity index (χ2n) is 5.99. The lowest BCUT2D eigenvalue weighted by atomic mass is 10.0. The lowest BCUT2D eigenvalue weighted by Gasteiger charge is -2.24. The Balaban J connectivity index is 1.90. The molecular formula is C16H23NO3. The van der Waals surface area contributed by atoms with Gasteiger partial charge in [-0.3, -0.25) is 4.79 Å². The van der Waals surface area contributed by atoms with Crippen LogP contribution in [0, 0.1) is 0 Å². The maximum absolute atomic E-state index is 11.8. The quantitative estimate of drug-likeness (QED) is 0.868. The third-order valence-electron chi connectivity index (χ3n) is 3.89. The van der Waals surface area contributed by atoms with Crippen molar-refractivity contribution in [3.8, 4) is 5.75 Å². The lowest BCUT2D eigenvalue weighted by Crippen LogP contribution is -2.44. The van der Waals surface area contributed by atoms with Crippen molar-refractivity contribution >= 4 is 5.91 Å². The third kappa shape index (κ3) is 3.51. The highest BCUT2D eigenvalue weighted by Crippen LogP contribution is 2.33. The van der Waals surface area contributed by atoms with Crippen LogP contribution >= 0.6 is 0 Å². The molecule has 0 radical (unpaired) electrons. The van der Waals surface area contributed by atoms with E-state index < -0.39 is 0 Å². The fourth-order valence-corrected chi connectivity index (χ4v) is 2.31. The highest BCUT2D eigenvalue weighted by atomic mass is 16.5. The summed E-state index contributed by atoms with van der Waals surface area (Å²) < 4.78 is 5.53. The number of benzene rings is 1. The molecule has 0 spiro atoms. The summed E-state index contributed by atoms with van der Waals surface area (Å²) in [7, 11) is 0. The number of hydrogen-bond donors (Lipinski definition) is 2. The molecule has 1 aromatic carbocycles. The zero-order valence-corrected chi connectivity index (χ0v) is 12.4. The number of nitrogens with one attached hydrogen (secondary N) is 1. The van der Waals surface area contributed by atoms with Crippen LogP contribution < -0.4 is 10.1 Å².